The van der Waals surface area contributed by atoms with Crippen molar-refractivity contribution < 1.29 is 9.90 Å². The number of benzene rings is 3. The van der Waals surface area contributed by atoms with Crippen LogP contribution in [-0.2, 0) is 4.79 Å². The molecule has 0 atom stereocenters. The molecule has 0 aliphatic carbocycles. The number of fused-ring (bicyclic) bond motifs is 1. The fraction of sp³-hybridized carbons (Fsp3) is 0.0769. The summed E-state index contributed by atoms with van der Waals surface area (Å²) in [5.41, 5.74) is 7.14. The number of hydrogen-bond acceptors (Lipinski definition) is 2. The Balaban J connectivity index is 1.92. The molecule has 0 saturated carbocycles. The van der Waals surface area contributed by atoms with Crippen LogP contribution < -0.4 is 0 Å². The van der Waals surface area contributed by atoms with Gasteiger partial charge in [-0.05, 0) is 64.1 Å². The average molecular weight is 429 g/mol. The molecule has 0 spiro atoms. The van der Waals surface area contributed by atoms with Crippen LogP contribution in [0.25, 0.3) is 28.1 Å². The molecule has 1 heterocycles. The van der Waals surface area contributed by atoms with Crippen molar-refractivity contribution in [2.24, 2.45) is 0 Å². The third-order valence-electron chi connectivity index (χ3n) is 5.20. The smallest absolute Gasteiger partial charge is 0.328 e. The Kier molecular flexibility index (Phi) is 6.01. The van der Waals surface area contributed by atoms with Crippen LogP contribution in [0.4, 0.5) is 0 Å². The molecule has 0 aliphatic heterocycles. The lowest BCUT2D eigenvalue weighted by atomic mass is 9.87. The fourth-order valence-electron chi connectivity index (χ4n) is 3.75. The zero-order chi connectivity index (χ0) is 21.8. The SMILES string of the molecule is CC/C(=C(\c1ccc(C=CC(=O)O)cc1)c1ccc2[nH]ncc2c1)c1ccccc1Cl. The Hall–Kier alpha value is -3.63. The lowest BCUT2D eigenvalue weighted by Crippen LogP contribution is -1.96. The molecule has 0 radical (unpaired) electrons. The van der Waals surface area contributed by atoms with Gasteiger partial charge in [-0.1, -0.05) is 67.1 Å². The minimum Gasteiger partial charge on any atom is -0.478 e. The number of H-pyrrole nitrogens is 1. The van der Waals surface area contributed by atoms with E-state index in [1.807, 2.05) is 60.8 Å². The number of carboxylic acid groups (broad SMARTS) is 1. The van der Waals surface area contributed by atoms with E-state index < -0.39 is 5.97 Å². The van der Waals surface area contributed by atoms with E-state index in [0.717, 1.165) is 56.8 Å². The first kappa shape index (κ1) is 20.6. The topological polar surface area (TPSA) is 66.0 Å². The Labute approximate surface area is 185 Å². The van der Waals surface area contributed by atoms with Crippen LogP contribution in [0.15, 0.2) is 79.0 Å². The molecule has 2 N–H and O–H groups in total. The van der Waals surface area contributed by atoms with Gasteiger partial charge in [-0.15, -0.1) is 0 Å². The average Bonchev–Trinajstić information content (AvgIpc) is 3.25. The van der Waals surface area contributed by atoms with Crippen molar-refractivity contribution in [2.75, 3.05) is 0 Å². The maximum Gasteiger partial charge on any atom is 0.328 e. The molecule has 0 unspecified atom stereocenters. The zero-order valence-corrected chi connectivity index (χ0v) is 17.7. The van der Waals surface area contributed by atoms with E-state index in [1.165, 1.54) is 0 Å². The lowest BCUT2D eigenvalue weighted by Gasteiger charge is -2.17. The monoisotopic (exact) mass is 428 g/mol. The number of aromatic amines is 1. The number of allylic oxidation sites excluding steroid dienone is 1. The first-order valence-corrected chi connectivity index (χ1v) is 10.4. The molecule has 0 aliphatic rings. The first-order valence-electron chi connectivity index (χ1n) is 10.00. The Morgan fingerprint density at radius 1 is 1.06 bits per heavy atom. The predicted octanol–water partition coefficient (Wildman–Crippen LogP) is 6.68. The maximum absolute atomic E-state index is 10.8. The minimum absolute atomic E-state index is 0.710. The molecular formula is C26H21ClN2O2. The Bertz CT molecular complexity index is 1300. The Morgan fingerprint density at radius 2 is 1.81 bits per heavy atom. The molecule has 5 heteroatoms. The highest BCUT2D eigenvalue weighted by Crippen LogP contribution is 2.37. The molecule has 31 heavy (non-hydrogen) atoms. The third kappa shape index (κ3) is 4.44. The van der Waals surface area contributed by atoms with E-state index in [2.05, 4.69) is 29.3 Å². The van der Waals surface area contributed by atoms with Crippen LogP contribution in [0.3, 0.4) is 0 Å². The second-order valence-electron chi connectivity index (χ2n) is 7.15. The molecule has 4 aromatic rings. The van der Waals surface area contributed by atoms with Gasteiger partial charge >= 0.3 is 5.97 Å². The number of hydrogen-bond donors (Lipinski definition) is 2. The maximum atomic E-state index is 10.8. The third-order valence-corrected chi connectivity index (χ3v) is 5.53. The second kappa shape index (κ2) is 9.02. The fourth-order valence-corrected chi connectivity index (χ4v) is 4.00. The van der Waals surface area contributed by atoms with Gasteiger partial charge in [0.1, 0.15) is 0 Å². The van der Waals surface area contributed by atoms with Gasteiger partial charge in [0.15, 0.2) is 0 Å². The predicted molar refractivity (Wildman–Crippen MR) is 127 cm³/mol. The molecule has 154 valence electrons. The van der Waals surface area contributed by atoms with Crippen LogP contribution in [0, 0.1) is 0 Å². The van der Waals surface area contributed by atoms with Gasteiger partial charge in [0.05, 0.1) is 11.7 Å². The van der Waals surface area contributed by atoms with E-state index in [1.54, 1.807) is 6.08 Å². The second-order valence-corrected chi connectivity index (χ2v) is 7.56. The number of nitrogens with zero attached hydrogens (tertiary/aromatic N) is 1. The van der Waals surface area contributed by atoms with Crippen LogP contribution >= 0.6 is 11.6 Å². The van der Waals surface area contributed by atoms with Crippen molar-refractivity contribution in [2.45, 2.75) is 13.3 Å². The van der Waals surface area contributed by atoms with E-state index >= 15 is 0 Å². The van der Waals surface area contributed by atoms with Crippen LogP contribution in [0.2, 0.25) is 5.02 Å². The number of carboxylic acids is 1. The molecule has 0 bridgehead atoms. The molecular weight excluding hydrogens is 408 g/mol. The van der Waals surface area contributed by atoms with Crippen molar-refractivity contribution in [3.8, 4) is 0 Å². The van der Waals surface area contributed by atoms with E-state index in [4.69, 9.17) is 16.7 Å². The molecule has 0 saturated heterocycles. The summed E-state index contributed by atoms with van der Waals surface area (Å²) in [5, 5.41) is 17.8. The number of carbonyl (C=O) groups is 1. The van der Waals surface area contributed by atoms with Crippen molar-refractivity contribution in [3.63, 3.8) is 0 Å². The molecule has 1 aromatic heterocycles. The van der Waals surface area contributed by atoms with Crippen LogP contribution in [-0.4, -0.2) is 21.3 Å². The molecule has 0 fully saturated rings. The lowest BCUT2D eigenvalue weighted by molar-refractivity contribution is -0.131. The number of aliphatic carboxylic acids is 1. The highest BCUT2D eigenvalue weighted by Gasteiger charge is 2.15. The molecule has 3 aromatic carbocycles. The largest absolute Gasteiger partial charge is 0.478 e. The van der Waals surface area contributed by atoms with Gasteiger partial charge in [-0.3, -0.25) is 5.10 Å². The summed E-state index contributed by atoms with van der Waals surface area (Å²) in [6.07, 6.45) is 5.34. The summed E-state index contributed by atoms with van der Waals surface area (Å²) >= 11 is 6.58. The van der Waals surface area contributed by atoms with E-state index in [0.29, 0.717) is 5.02 Å². The first-order chi connectivity index (χ1) is 15.1. The number of aromatic nitrogens is 2. The molecule has 4 rings (SSSR count). The van der Waals surface area contributed by atoms with Gasteiger partial charge < -0.3 is 5.11 Å². The van der Waals surface area contributed by atoms with Gasteiger partial charge in [-0.25, -0.2) is 4.79 Å². The highest BCUT2D eigenvalue weighted by molar-refractivity contribution is 6.32. The van der Waals surface area contributed by atoms with Crippen molar-refractivity contribution in [3.05, 3.63) is 106 Å². The summed E-state index contributed by atoms with van der Waals surface area (Å²) in [7, 11) is 0. The van der Waals surface area contributed by atoms with E-state index in [-0.39, 0.29) is 0 Å². The van der Waals surface area contributed by atoms with Crippen LogP contribution in [0.5, 0.6) is 0 Å². The van der Waals surface area contributed by atoms with Gasteiger partial charge in [0, 0.05) is 16.5 Å². The quantitative estimate of drug-likeness (QED) is 0.266. The van der Waals surface area contributed by atoms with Gasteiger partial charge in [0.2, 0.25) is 0 Å². The van der Waals surface area contributed by atoms with Crippen LogP contribution in [0.1, 0.15) is 35.6 Å². The summed E-state index contributed by atoms with van der Waals surface area (Å²) < 4.78 is 0. The molecule has 0 amide bonds. The number of nitrogens with one attached hydrogen (secondary N) is 1. The standard InChI is InChI=1S/C26H21ClN2O2/c1-2-21(22-5-3-4-6-23(22)27)26(19-12-13-24-20(15-19)16-28-29-24)18-10-7-17(8-11-18)9-14-25(30)31/h3-16H,2H2,1H3,(H,28,29)(H,30,31)/b14-9?,26-21-. The Morgan fingerprint density at radius 3 is 2.52 bits per heavy atom. The number of rotatable bonds is 6. The van der Waals surface area contributed by atoms with Crippen molar-refractivity contribution in [1.29, 1.82) is 0 Å². The van der Waals surface area contributed by atoms with Crippen molar-refractivity contribution >= 4 is 45.7 Å². The molecule has 4 nitrogen and oxygen atoms in total. The minimum atomic E-state index is -0.968. The van der Waals surface area contributed by atoms with E-state index in [9.17, 15) is 4.79 Å². The normalized spacial score (nSPS) is 12.3. The summed E-state index contributed by atoms with van der Waals surface area (Å²) in [5.74, 6) is -0.968. The zero-order valence-electron chi connectivity index (χ0n) is 17.0. The van der Waals surface area contributed by atoms with Crippen molar-refractivity contribution in [1.82, 2.24) is 10.2 Å². The summed E-state index contributed by atoms with van der Waals surface area (Å²) in [4.78, 5) is 10.8. The summed E-state index contributed by atoms with van der Waals surface area (Å²) in [6.45, 7) is 2.12. The summed E-state index contributed by atoms with van der Waals surface area (Å²) in [6, 6.07) is 22.0. The highest BCUT2D eigenvalue weighted by atomic mass is 35.5. The van der Waals surface area contributed by atoms with Gasteiger partial charge in [-0.2, -0.15) is 5.10 Å². The van der Waals surface area contributed by atoms with Gasteiger partial charge in [0.25, 0.3) is 0 Å². The number of halogens is 1.